The summed E-state index contributed by atoms with van der Waals surface area (Å²) >= 11 is 0. The van der Waals surface area contributed by atoms with Crippen LogP contribution in [0.25, 0.3) is 11.1 Å². The number of hydrogen-bond acceptors (Lipinski definition) is 4. The molecule has 0 saturated heterocycles. The zero-order valence-electron chi connectivity index (χ0n) is 17.8. The van der Waals surface area contributed by atoms with Crippen molar-refractivity contribution < 1.29 is 19.1 Å². The fraction of sp³-hybridized carbons (Fsp3) is 0.360. The Morgan fingerprint density at radius 1 is 1.07 bits per heavy atom. The zero-order chi connectivity index (χ0) is 21.7. The van der Waals surface area contributed by atoms with E-state index in [-0.39, 0.29) is 12.5 Å². The molecule has 1 aliphatic carbocycles. The van der Waals surface area contributed by atoms with Crippen molar-refractivity contribution in [2.75, 3.05) is 6.61 Å². The second kappa shape index (κ2) is 9.16. The molecule has 30 heavy (non-hydrogen) atoms. The zero-order valence-corrected chi connectivity index (χ0v) is 17.8. The van der Waals surface area contributed by atoms with Gasteiger partial charge in [-0.25, -0.2) is 9.59 Å². The van der Waals surface area contributed by atoms with Gasteiger partial charge in [0.15, 0.2) is 0 Å². The van der Waals surface area contributed by atoms with Gasteiger partial charge in [0, 0.05) is 5.92 Å². The minimum Gasteiger partial charge on any atom is -0.458 e. The van der Waals surface area contributed by atoms with E-state index in [0.717, 1.165) is 11.1 Å². The fourth-order valence-electron chi connectivity index (χ4n) is 3.69. The van der Waals surface area contributed by atoms with Crippen LogP contribution < -0.4 is 5.32 Å². The first-order valence-corrected chi connectivity index (χ1v) is 10.3. The maximum absolute atomic E-state index is 12.5. The lowest BCUT2D eigenvalue weighted by Crippen LogP contribution is -2.44. The molecule has 0 bridgehead atoms. The van der Waals surface area contributed by atoms with Crippen LogP contribution >= 0.6 is 0 Å². The third kappa shape index (κ3) is 5.09. The molecule has 0 unspecified atom stereocenters. The molecule has 5 nitrogen and oxygen atoms in total. The summed E-state index contributed by atoms with van der Waals surface area (Å²) in [4.78, 5) is 25.0. The van der Waals surface area contributed by atoms with Crippen LogP contribution in [0.4, 0.5) is 4.79 Å². The molecule has 3 rings (SSSR count). The highest BCUT2D eigenvalue weighted by atomic mass is 16.6. The molecule has 2 aromatic carbocycles. The van der Waals surface area contributed by atoms with Crippen LogP contribution in [0, 0.1) is 0 Å². The topological polar surface area (TPSA) is 64.6 Å². The molecule has 5 heteroatoms. The number of amides is 1. The van der Waals surface area contributed by atoms with Gasteiger partial charge in [-0.2, -0.15) is 0 Å². The smallest absolute Gasteiger partial charge is 0.407 e. The number of esters is 1. The van der Waals surface area contributed by atoms with E-state index < -0.39 is 23.7 Å². The van der Waals surface area contributed by atoms with Gasteiger partial charge in [0.05, 0.1) is 0 Å². The Labute approximate surface area is 178 Å². The third-order valence-corrected chi connectivity index (χ3v) is 4.99. The van der Waals surface area contributed by atoms with Gasteiger partial charge >= 0.3 is 12.1 Å². The van der Waals surface area contributed by atoms with Gasteiger partial charge in [0.1, 0.15) is 18.2 Å². The molecular weight excluding hydrogens is 378 g/mol. The Bertz CT molecular complexity index is 883. The largest absolute Gasteiger partial charge is 0.458 e. The number of rotatable bonds is 7. The first-order chi connectivity index (χ1) is 14.3. The molecule has 158 valence electrons. The minimum atomic E-state index is -0.780. The summed E-state index contributed by atoms with van der Waals surface area (Å²) in [5.74, 6) is -0.505. The molecule has 0 heterocycles. The van der Waals surface area contributed by atoms with Crippen LogP contribution in [-0.4, -0.2) is 30.3 Å². The number of allylic oxidation sites excluding steroid dienone is 1. The molecular formula is C25H29NO4. The Hall–Kier alpha value is -3.08. The monoisotopic (exact) mass is 407 g/mol. The summed E-state index contributed by atoms with van der Waals surface area (Å²) in [7, 11) is 0. The van der Waals surface area contributed by atoms with Crippen molar-refractivity contribution in [3.8, 4) is 11.1 Å². The predicted octanol–water partition coefficient (Wildman–Crippen LogP) is 5.20. The standard InChI is InChI=1S/C25H29NO4/c1-5-6-15-22(23(27)30-25(2,3)4)26-24(28)29-16-21-19-13-9-7-11-17(19)18-12-8-10-14-20(18)21/h5,7-14,21-22H,1,6,15-16H2,2-4H3,(H,26,28)/t22-/m0/s1. The van der Waals surface area contributed by atoms with Crippen LogP contribution in [0.2, 0.25) is 0 Å². The Kier molecular flexibility index (Phi) is 6.60. The molecule has 0 aliphatic heterocycles. The minimum absolute atomic E-state index is 0.0312. The van der Waals surface area contributed by atoms with Crippen molar-refractivity contribution in [1.82, 2.24) is 5.32 Å². The Morgan fingerprint density at radius 3 is 2.17 bits per heavy atom. The average molecular weight is 408 g/mol. The number of carbonyl (C=O) groups is 2. The Balaban J connectivity index is 1.67. The summed E-state index contributed by atoms with van der Waals surface area (Å²) in [6, 6.07) is 15.5. The lowest BCUT2D eigenvalue weighted by atomic mass is 9.98. The number of carbonyl (C=O) groups excluding carboxylic acids is 2. The molecule has 2 aromatic rings. The Morgan fingerprint density at radius 2 is 1.63 bits per heavy atom. The van der Waals surface area contributed by atoms with E-state index in [1.54, 1.807) is 26.8 Å². The van der Waals surface area contributed by atoms with Gasteiger partial charge in [-0.1, -0.05) is 54.6 Å². The summed E-state index contributed by atoms with van der Waals surface area (Å²) in [6.45, 7) is 9.26. The van der Waals surface area contributed by atoms with Crippen LogP contribution in [0.15, 0.2) is 61.2 Å². The highest BCUT2D eigenvalue weighted by molar-refractivity contribution is 5.82. The molecule has 1 aliphatic rings. The molecule has 0 radical (unpaired) electrons. The second-order valence-electron chi connectivity index (χ2n) is 8.42. The molecule has 0 fully saturated rings. The number of ether oxygens (including phenoxy) is 2. The van der Waals surface area contributed by atoms with Gasteiger partial charge in [-0.05, 0) is 55.9 Å². The van der Waals surface area contributed by atoms with Gasteiger partial charge in [0.2, 0.25) is 0 Å². The van der Waals surface area contributed by atoms with E-state index in [4.69, 9.17) is 9.47 Å². The second-order valence-corrected chi connectivity index (χ2v) is 8.42. The number of alkyl carbamates (subject to hydrolysis) is 1. The van der Waals surface area contributed by atoms with E-state index in [9.17, 15) is 9.59 Å². The molecule has 0 spiro atoms. The summed E-state index contributed by atoms with van der Waals surface area (Å²) in [5, 5.41) is 2.66. The normalized spacial score (nSPS) is 13.7. The summed E-state index contributed by atoms with van der Waals surface area (Å²) in [6.07, 6.45) is 2.06. The molecule has 0 saturated carbocycles. The molecule has 0 aromatic heterocycles. The number of benzene rings is 2. The van der Waals surface area contributed by atoms with Gasteiger partial charge in [-0.15, -0.1) is 6.58 Å². The number of fused-ring (bicyclic) bond motifs is 3. The van der Waals surface area contributed by atoms with E-state index in [1.165, 1.54) is 11.1 Å². The predicted molar refractivity (Wildman–Crippen MR) is 117 cm³/mol. The van der Waals surface area contributed by atoms with Crippen molar-refractivity contribution in [2.24, 2.45) is 0 Å². The van der Waals surface area contributed by atoms with E-state index in [0.29, 0.717) is 12.8 Å². The van der Waals surface area contributed by atoms with E-state index >= 15 is 0 Å². The van der Waals surface area contributed by atoms with Crippen LogP contribution in [0.3, 0.4) is 0 Å². The summed E-state index contributed by atoms with van der Waals surface area (Å²) < 4.78 is 11.0. The van der Waals surface area contributed by atoms with Gasteiger partial charge in [-0.3, -0.25) is 0 Å². The highest BCUT2D eigenvalue weighted by Gasteiger charge is 2.30. The van der Waals surface area contributed by atoms with Crippen LogP contribution in [0.5, 0.6) is 0 Å². The molecule has 1 atom stereocenters. The van der Waals surface area contributed by atoms with E-state index in [2.05, 4.69) is 36.2 Å². The van der Waals surface area contributed by atoms with Crippen molar-refractivity contribution in [3.05, 3.63) is 72.3 Å². The van der Waals surface area contributed by atoms with Gasteiger partial charge in [0.25, 0.3) is 0 Å². The summed E-state index contributed by atoms with van der Waals surface area (Å²) in [5.41, 5.74) is 3.98. The average Bonchev–Trinajstić information content (AvgIpc) is 3.02. The van der Waals surface area contributed by atoms with Crippen molar-refractivity contribution >= 4 is 12.1 Å². The quantitative estimate of drug-likeness (QED) is 0.506. The molecule has 1 amide bonds. The van der Waals surface area contributed by atoms with Crippen LogP contribution in [0.1, 0.15) is 50.7 Å². The highest BCUT2D eigenvalue weighted by Crippen LogP contribution is 2.44. The first kappa shape index (κ1) is 21.6. The lowest BCUT2D eigenvalue weighted by molar-refractivity contribution is -0.157. The first-order valence-electron chi connectivity index (χ1n) is 10.3. The van der Waals surface area contributed by atoms with E-state index in [1.807, 2.05) is 24.3 Å². The van der Waals surface area contributed by atoms with Crippen molar-refractivity contribution in [1.29, 1.82) is 0 Å². The van der Waals surface area contributed by atoms with Crippen molar-refractivity contribution in [3.63, 3.8) is 0 Å². The molecule has 1 N–H and O–H groups in total. The number of nitrogens with one attached hydrogen (secondary N) is 1. The van der Waals surface area contributed by atoms with Gasteiger partial charge < -0.3 is 14.8 Å². The lowest BCUT2D eigenvalue weighted by Gasteiger charge is -2.24. The maximum Gasteiger partial charge on any atom is 0.407 e. The SMILES string of the molecule is C=CCC[C@H](NC(=O)OCC1c2ccccc2-c2ccccc21)C(=O)OC(C)(C)C. The van der Waals surface area contributed by atoms with Crippen molar-refractivity contribution in [2.45, 2.75) is 51.2 Å². The number of hydrogen-bond donors (Lipinski definition) is 1. The third-order valence-electron chi connectivity index (χ3n) is 4.99. The fourth-order valence-corrected chi connectivity index (χ4v) is 3.69. The maximum atomic E-state index is 12.5. The van der Waals surface area contributed by atoms with Crippen LogP contribution in [-0.2, 0) is 14.3 Å².